The van der Waals surface area contributed by atoms with Gasteiger partial charge in [0.05, 0.1) is 11.4 Å². The van der Waals surface area contributed by atoms with Gasteiger partial charge < -0.3 is 10.6 Å². The lowest BCUT2D eigenvalue weighted by Crippen LogP contribution is -2.18. The Morgan fingerprint density at radius 3 is 2.61 bits per heavy atom. The Bertz CT molecular complexity index is 540. The standard InChI is InChI=1S/C14H16ClN3/c1-10-7-14(13(16)8-12(10)15)18(2)9-11-3-5-17-6-4-11/h3-8H,9,16H2,1-2H3. The fraction of sp³-hybridized carbons (Fsp3) is 0.214. The van der Waals surface area contributed by atoms with E-state index in [9.17, 15) is 0 Å². The first-order valence-electron chi connectivity index (χ1n) is 5.73. The molecule has 0 saturated carbocycles. The smallest absolute Gasteiger partial charge is 0.0604 e. The zero-order valence-corrected chi connectivity index (χ0v) is 11.3. The van der Waals surface area contributed by atoms with Crippen LogP contribution in [0.25, 0.3) is 0 Å². The molecule has 2 rings (SSSR count). The maximum absolute atomic E-state index is 6.04. The molecule has 0 aliphatic heterocycles. The number of pyridine rings is 1. The van der Waals surface area contributed by atoms with Crippen LogP contribution in [0.15, 0.2) is 36.7 Å². The van der Waals surface area contributed by atoms with E-state index in [0.29, 0.717) is 10.7 Å². The Morgan fingerprint density at radius 1 is 1.28 bits per heavy atom. The molecule has 2 aromatic rings. The van der Waals surface area contributed by atoms with Crippen LogP contribution >= 0.6 is 11.6 Å². The monoisotopic (exact) mass is 261 g/mol. The number of aryl methyl sites for hydroxylation is 1. The van der Waals surface area contributed by atoms with Crippen molar-refractivity contribution in [3.8, 4) is 0 Å². The molecule has 0 spiro atoms. The van der Waals surface area contributed by atoms with Crippen LogP contribution in [0.1, 0.15) is 11.1 Å². The summed E-state index contributed by atoms with van der Waals surface area (Å²) in [4.78, 5) is 6.11. The topological polar surface area (TPSA) is 42.2 Å². The van der Waals surface area contributed by atoms with E-state index in [1.165, 1.54) is 5.56 Å². The van der Waals surface area contributed by atoms with E-state index in [4.69, 9.17) is 17.3 Å². The van der Waals surface area contributed by atoms with E-state index >= 15 is 0 Å². The van der Waals surface area contributed by atoms with Crippen LogP contribution in [0, 0.1) is 6.92 Å². The second-order valence-corrected chi connectivity index (χ2v) is 4.78. The number of hydrogen-bond donors (Lipinski definition) is 1. The Hall–Kier alpha value is -1.74. The summed E-state index contributed by atoms with van der Waals surface area (Å²) >= 11 is 6.04. The van der Waals surface area contributed by atoms with Gasteiger partial charge in [-0.3, -0.25) is 4.98 Å². The molecule has 0 radical (unpaired) electrons. The first-order valence-corrected chi connectivity index (χ1v) is 6.11. The number of nitrogen functional groups attached to an aromatic ring is 1. The third-order valence-corrected chi connectivity index (χ3v) is 3.30. The van der Waals surface area contributed by atoms with Crippen LogP contribution in [0.4, 0.5) is 11.4 Å². The van der Waals surface area contributed by atoms with Gasteiger partial charge in [-0.25, -0.2) is 0 Å². The summed E-state index contributed by atoms with van der Waals surface area (Å²) in [6, 6.07) is 7.80. The van der Waals surface area contributed by atoms with Crippen molar-refractivity contribution < 1.29 is 0 Å². The van der Waals surface area contributed by atoms with Crippen molar-refractivity contribution in [3.05, 3.63) is 52.8 Å². The highest BCUT2D eigenvalue weighted by Gasteiger charge is 2.08. The maximum atomic E-state index is 6.04. The van der Waals surface area contributed by atoms with Crippen molar-refractivity contribution in [2.45, 2.75) is 13.5 Å². The Labute approximate surface area is 112 Å². The second kappa shape index (κ2) is 5.27. The molecule has 3 nitrogen and oxygen atoms in total. The minimum absolute atomic E-state index is 0.696. The SMILES string of the molecule is Cc1cc(N(C)Cc2ccncc2)c(N)cc1Cl. The molecule has 1 aromatic carbocycles. The van der Waals surface area contributed by atoms with Crippen molar-refractivity contribution in [2.75, 3.05) is 17.7 Å². The van der Waals surface area contributed by atoms with Crippen molar-refractivity contribution in [3.63, 3.8) is 0 Å². The highest BCUT2D eigenvalue weighted by atomic mass is 35.5. The normalized spacial score (nSPS) is 10.4. The molecule has 0 saturated heterocycles. The van der Waals surface area contributed by atoms with Gasteiger partial charge in [-0.05, 0) is 42.3 Å². The average Bonchev–Trinajstić information content (AvgIpc) is 2.35. The Kier molecular flexibility index (Phi) is 3.72. The summed E-state index contributed by atoms with van der Waals surface area (Å²) in [7, 11) is 2.01. The van der Waals surface area contributed by atoms with Gasteiger partial charge in [-0.2, -0.15) is 0 Å². The highest BCUT2D eigenvalue weighted by molar-refractivity contribution is 6.31. The maximum Gasteiger partial charge on any atom is 0.0604 e. The van der Waals surface area contributed by atoms with Gasteiger partial charge in [0.25, 0.3) is 0 Å². The average molecular weight is 262 g/mol. The van der Waals surface area contributed by atoms with Crippen LogP contribution in [0.3, 0.4) is 0 Å². The van der Waals surface area contributed by atoms with E-state index in [0.717, 1.165) is 17.8 Å². The number of nitrogens with zero attached hydrogens (tertiary/aromatic N) is 2. The minimum atomic E-state index is 0.696. The Morgan fingerprint density at radius 2 is 1.94 bits per heavy atom. The molecule has 4 heteroatoms. The largest absolute Gasteiger partial charge is 0.397 e. The third-order valence-electron chi connectivity index (χ3n) is 2.89. The number of hydrogen-bond acceptors (Lipinski definition) is 3. The van der Waals surface area contributed by atoms with Crippen LogP contribution in [0.2, 0.25) is 5.02 Å². The van der Waals surface area contributed by atoms with Gasteiger partial charge in [-0.15, -0.1) is 0 Å². The number of anilines is 2. The Balaban J connectivity index is 2.24. The molecule has 0 amide bonds. The summed E-state index contributed by atoms with van der Waals surface area (Å²) in [5.74, 6) is 0. The molecule has 1 aromatic heterocycles. The third kappa shape index (κ3) is 2.74. The molecule has 0 bridgehead atoms. The van der Waals surface area contributed by atoms with Gasteiger partial charge in [0.2, 0.25) is 0 Å². The van der Waals surface area contributed by atoms with Crippen molar-refractivity contribution >= 4 is 23.0 Å². The quantitative estimate of drug-likeness (QED) is 0.863. The van der Waals surface area contributed by atoms with E-state index in [1.54, 1.807) is 18.5 Å². The lowest BCUT2D eigenvalue weighted by atomic mass is 10.1. The molecule has 1 heterocycles. The first kappa shape index (κ1) is 12.7. The van der Waals surface area contributed by atoms with Crippen molar-refractivity contribution in [1.29, 1.82) is 0 Å². The summed E-state index contributed by atoms with van der Waals surface area (Å²) in [6.45, 7) is 2.76. The van der Waals surface area contributed by atoms with Gasteiger partial charge in [-0.1, -0.05) is 11.6 Å². The summed E-state index contributed by atoms with van der Waals surface area (Å²) < 4.78 is 0. The highest BCUT2D eigenvalue weighted by Crippen LogP contribution is 2.29. The molecule has 0 atom stereocenters. The van der Waals surface area contributed by atoms with Crippen LogP contribution < -0.4 is 10.6 Å². The number of benzene rings is 1. The van der Waals surface area contributed by atoms with Crippen LogP contribution in [0.5, 0.6) is 0 Å². The van der Waals surface area contributed by atoms with E-state index in [2.05, 4.69) is 9.88 Å². The molecule has 0 fully saturated rings. The number of nitrogens with two attached hydrogens (primary N) is 1. The second-order valence-electron chi connectivity index (χ2n) is 4.37. The lowest BCUT2D eigenvalue weighted by Gasteiger charge is -2.22. The first-order chi connectivity index (χ1) is 8.58. The molecule has 0 aliphatic carbocycles. The number of aromatic nitrogens is 1. The van der Waals surface area contributed by atoms with Crippen LogP contribution in [-0.2, 0) is 6.54 Å². The molecule has 94 valence electrons. The fourth-order valence-corrected chi connectivity index (χ4v) is 2.03. The van der Waals surface area contributed by atoms with Crippen LogP contribution in [-0.4, -0.2) is 12.0 Å². The fourth-order valence-electron chi connectivity index (χ4n) is 1.86. The summed E-state index contributed by atoms with van der Waals surface area (Å²) in [5.41, 5.74) is 9.92. The van der Waals surface area contributed by atoms with Gasteiger partial charge >= 0.3 is 0 Å². The zero-order valence-electron chi connectivity index (χ0n) is 10.5. The molecular weight excluding hydrogens is 246 g/mol. The van der Waals surface area contributed by atoms with Crippen molar-refractivity contribution in [2.24, 2.45) is 0 Å². The predicted octanol–water partition coefficient (Wildman–Crippen LogP) is 3.26. The molecule has 0 aliphatic rings. The minimum Gasteiger partial charge on any atom is -0.397 e. The lowest BCUT2D eigenvalue weighted by molar-refractivity contribution is 0.920. The van der Waals surface area contributed by atoms with Gasteiger partial charge in [0.15, 0.2) is 0 Å². The predicted molar refractivity (Wildman–Crippen MR) is 76.9 cm³/mol. The zero-order chi connectivity index (χ0) is 13.1. The van der Waals surface area contributed by atoms with Gasteiger partial charge in [0, 0.05) is 31.0 Å². The molecule has 0 unspecified atom stereocenters. The summed E-state index contributed by atoms with van der Waals surface area (Å²) in [5, 5.41) is 0.702. The summed E-state index contributed by atoms with van der Waals surface area (Å²) in [6.07, 6.45) is 3.58. The van der Waals surface area contributed by atoms with Crippen molar-refractivity contribution in [1.82, 2.24) is 4.98 Å². The van der Waals surface area contributed by atoms with E-state index in [1.807, 2.05) is 32.2 Å². The molecule has 2 N–H and O–H groups in total. The van der Waals surface area contributed by atoms with Gasteiger partial charge in [0.1, 0.15) is 0 Å². The van der Waals surface area contributed by atoms with E-state index < -0.39 is 0 Å². The number of rotatable bonds is 3. The van der Waals surface area contributed by atoms with E-state index in [-0.39, 0.29) is 0 Å². The number of halogens is 1. The molecule has 18 heavy (non-hydrogen) atoms. The molecular formula is C14H16ClN3.